The zero-order chi connectivity index (χ0) is 12.8. The molecule has 1 unspecified atom stereocenters. The van der Waals surface area contributed by atoms with Gasteiger partial charge in [-0.15, -0.1) is 11.3 Å². The van der Waals surface area contributed by atoms with E-state index in [-0.39, 0.29) is 0 Å². The van der Waals surface area contributed by atoms with Crippen molar-refractivity contribution in [2.75, 3.05) is 6.54 Å². The summed E-state index contributed by atoms with van der Waals surface area (Å²) in [5, 5.41) is 5.86. The maximum absolute atomic E-state index is 3.68. The van der Waals surface area contributed by atoms with Gasteiger partial charge in [-0.2, -0.15) is 0 Å². The van der Waals surface area contributed by atoms with Crippen LogP contribution >= 0.6 is 27.3 Å². The molecule has 0 aliphatic heterocycles. The maximum atomic E-state index is 3.68. The van der Waals surface area contributed by atoms with E-state index in [1.165, 1.54) is 54.3 Å². The third kappa shape index (κ3) is 4.36. The number of hydrogen-bond donors (Lipinski definition) is 1. The van der Waals surface area contributed by atoms with Gasteiger partial charge in [0.05, 0.1) is 0 Å². The first kappa shape index (κ1) is 14.5. The Morgan fingerprint density at radius 1 is 1.39 bits per heavy atom. The SMILES string of the molecule is CCNC(Cc1sccc1Br)CC1CCCCC1. The molecule has 1 heterocycles. The lowest BCUT2D eigenvalue weighted by atomic mass is 9.84. The van der Waals surface area contributed by atoms with Gasteiger partial charge in [0.1, 0.15) is 0 Å². The Morgan fingerprint density at radius 2 is 2.17 bits per heavy atom. The van der Waals surface area contributed by atoms with Crippen LogP contribution in [0.1, 0.15) is 50.3 Å². The molecule has 1 aliphatic carbocycles. The molecule has 1 N–H and O–H groups in total. The molecular weight excluding hydrogens is 306 g/mol. The molecule has 0 spiro atoms. The molecule has 1 aliphatic rings. The van der Waals surface area contributed by atoms with Crippen molar-refractivity contribution in [2.45, 2.75) is 57.9 Å². The van der Waals surface area contributed by atoms with Crippen molar-refractivity contribution < 1.29 is 0 Å². The highest BCUT2D eigenvalue weighted by Crippen LogP contribution is 2.30. The number of halogens is 1. The van der Waals surface area contributed by atoms with E-state index in [0.717, 1.165) is 12.5 Å². The predicted molar refractivity (Wildman–Crippen MR) is 84.4 cm³/mol. The van der Waals surface area contributed by atoms with Gasteiger partial charge in [0.15, 0.2) is 0 Å². The summed E-state index contributed by atoms with van der Waals surface area (Å²) >= 11 is 5.53. The first-order valence-corrected chi connectivity index (χ1v) is 8.92. The first-order chi connectivity index (χ1) is 8.79. The standard InChI is InChI=1S/C15H24BrNS/c1-2-17-13(10-12-6-4-3-5-7-12)11-15-14(16)8-9-18-15/h8-9,12-13,17H,2-7,10-11H2,1H3. The summed E-state index contributed by atoms with van der Waals surface area (Å²) in [7, 11) is 0. The Bertz CT molecular complexity index is 344. The molecule has 1 aromatic heterocycles. The second-order valence-corrected chi connectivity index (χ2v) is 7.25. The van der Waals surface area contributed by atoms with Crippen molar-refractivity contribution >= 4 is 27.3 Å². The highest BCUT2D eigenvalue weighted by molar-refractivity contribution is 9.10. The van der Waals surface area contributed by atoms with E-state index in [1.807, 2.05) is 11.3 Å². The van der Waals surface area contributed by atoms with Gasteiger partial charge in [-0.3, -0.25) is 0 Å². The van der Waals surface area contributed by atoms with Crippen LogP contribution in [0, 0.1) is 5.92 Å². The number of rotatable bonds is 6. The van der Waals surface area contributed by atoms with E-state index in [1.54, 1.807) is 0 Å². The first-order valence-electron chi connectivity index (χ1n) is 7.24. The fourth-order valence-corrected chi connectivity index (χ4v) is 4.64. The van der Waals surface area contributed by atoms with Gasteiger partial charge in [-0.05, 0) is 52.7 Å². The fourth-order valence-electron chi connectivity index (χ4n) is 3.05. The smallest absolute Gasteiger partial charge is 0.0314 e. The molecule has 0 radical (unpaired) electrons. The van der Waals surface area contributed by atoms with Crippen LogP contribution in [0.5, 0.6) is 0 Å². The summed E-state index contributed by atoms with van der Waals surface area (Å²) in [5.41, 5.74) is 0. The molecule has 1 aromatic rings. The Kier molecular flexibility index (Phi) is 6.19. The van der Waals surface area contributed by atoms with Crippen molar-refractivity contribution in [1.82, 2.24) is 5.32 Å². The molecule has 0 amide bonds. The fraction of sp³-hybridized carbons (Fsp3) is 0.733. The van der Waals surface area contributed by atoms with Gasteiger partial charge < -0.3 is 5.32 Å². The molecule has 1 atom stereocenters. The van der Waals surface area contributed by atoms with E-state index in [9.17, 15) is 0 Å². The zero-order valence-corrected chi connectivity index (χ0v) is 13.7. The second kappa shape index (κ2) is 7.66. The summed E-state index contributed by atoms with van der Waals surface area (Å²) in [6.45, 7) is 3.30. The van der Waals surface area contributed by atoms with E-state index in [0.29, 0.717) is 6.04 Å². The average molecular weight is 330 g/mol. The van der Waals surface area contributed by atoms with Crippen LogP contribution in [0.2, 0.25) is 0 Å². The number of thiophene rings is 1. The highest BCUT2D eigenvalue weighted by Gasteiger charge is 2.19. The molecule has 0 aromatic carbocycles. The molecule has 0 bridgehead atoms. The highest BCUT2D eigenvalue weighted by atomic mass is 79.9. The van der Waals surface area contributed by atoms with Gasteiger partial charge in [0.2, 0.25) is 0 Å². The number of nitrogens with one attached hydrogen (secondary N) is 1. The summed E-state index contributed by atoms with van der Waals surface area (Å²) in [5.74, 6) is 0.960. The molecular formula is C15H24BrNS. The van der Waals surface area contributed by atoms with Crippen molar-refractivity contribution in [2.24, 2.45) is 5.92 Å². The van der Waals surface area contributed by atoms with E-state index in [4.69, 9.17) is 0 Å². The molecule has 2 rings (SSSR count). The monoisotopic (exact) mass is 329 g/mol. The zero-order valence-electron chi connectivity index (χ0n) is 11.3. The molecule has 1 saturated carbocycles. The minimum absolute atomic E-state index is 0.660. The van der Waals surface area contributed by atoms with Crippen molar-refractivity contribution in [1.29, 1.82) is 0 Å². The van der Waals surface area contributed by atoms with Crippen LogP contribution in [0.25, 0.3) is 0 Å². The molecule has 102 valence electrons. The Balaban J connectivity index is 1.88. The Hall–Kier alpha value is 0.140. The van der Waals surface area contributed by atoms with Crippen LogP contribution in [-0.4, -0.2) is 12.6 Å². The lowest BCUT2D eigenvalue weighted by molar-refractivity contribution is 0.299. The van der Waals surface area contributed by atoms with Crippen molar-refractivity contribution in [3.63, 3.8) is 0 Å². The third-order valence-electron chi connectivity index (χ3n) is 3.96. The summed E-state index contributed by atoms with van der Waals surface area (Å²) < 4.78 is 1.29. The number of likely N-dealkylation sites (N-methyl/N-ethyl adjacent to an activating group) is 1. The van der Waals surface area contributed by atoms with Gasteiger partial charge in [-0.25, -0.2) is 0 Å². The normalized spacial score (nSPS) is 19.0. The second-order valence-electron chi connectivity index (χ2n) is 5.39. The molecule has 18 heavy (non-hydrogen) atoms. The molecule has 1 nitrogen and oxygen atoms in total. The predicted octanol–water partition coefficient (Wildman–Crippen LogP) is 5.00. The largest absolute Gasteiger partial charge is 0.314 e. The molecule has 1 fully saturated rings. The third-order valence-corrected chi connectivity index (χ3v) is 5.91. The summed E-state index contributed by atoms with van der Waals surface area (Å²) in [6.07, 6.45) is 9.80. The molecule has 3 heteroatoms. The van der Waals surface area contributed by atoms with Crippen LogP contribution in [-0.2, 0) is 6.42 Å². The minimum atomic E-state index is 0.660. The van der Waals surface area contributed by atoms with Crippen LogP contribution in [0.3, 0.4) is 0 Å². The lowest BCUT2D eigenvalue weighted by Crippen LogP contribution is -2.33. The average Bonchev–Trinajstić information content (AvgIpc) is 2.77. The number of hydrogen-bond acceptors (Lipinski definition) is 2. The van der Waals surface area contributed by atoms with Crippen LogP contribution < -0.4 is 5.32 Å². The van der Waals surface area contributed by atoms with Crippen molar-refractivity contribution in [3.8, 4) is 0 Å². The van der Waals surface area contributed by atoms with E-state index >= 15 is 0 Å². The van der Waals surface area contributed by atoms with Gasteiger partial charge in [0, 0.05) is 15.4 Å². The van der Waals surface area contributed by atoms with Gasteiger partial charge >= 0.3 is 0 Å². The van der Waals surface area contributed by atoms with Gasteiger partial charge in [-0.1, -0.05) is 39.0 Å². The molecule has 0 saturated heterocycles. The minimum Gasteiger partial charge on any atom is -0.314 e. The van der Waals surface area contributed by atoms with Crippen LogP contribution in [0.4, 0.5) is 0 Å². The van der Waals surface area contributed by atoms with Crippen LogP contribution in [0.15, 0.2) is 15.9 Å². The maximum Gasteiger partial charge on any atom is 0.0314 e. The topological polar surface area (TPSA) is 12.0 Å². The summed E-state index contributed by atoms with van der Waals surface area (Å²) in [6, 6.07) is 2.83. The Morgan fingerprint density at radius 3 is 2.78 bits per heavy atom. The summed E-state index contributed by atoms with van der Waals surface area (Å²) in [4.78, 5) is 1.50. The quantitative estimate of drug-likeness (QED) is 0.774. The van der Waals surface area contributed by atoms with E-state index in [2.05, 4.69) is 39.6 Å². The lowest BCUT2D eigenvalue weighted by Gasteiger charge is -2.27. The van der Waals surface area contributed by atoms with Crippen molar-refractivity contribution in [3.05, 3.63) is 20.8 Å². The Labute approximate surface area is 123 Å². The van der Waals surface area contributed by atoms with Gasteiger partial charge in [0.25, 0.3) is 0 Å². The van der Waals surface area contributed by atoms with E-state index < -0.39 is 0 Å².